The van der Waals surface area contributed by atoms with Crippen molar-refractivity contribution in [1.29, 1.82) is 0 Å². The Balaban J connectivity index is 1.13. The minimum absolute atomic E-state index is 0.0783. The van der Waals surface area contributed by atoms with Gasteiger partial charge in [0.2, 0.25) is 0 Å². The number of nitrogen functional groups attached to an aromatic ring is 1. The molecule has 3 heterocycles. The van der Waals surface area contributed by atoms with E-state index < -0.39 is 5.91 Å². The van der Waals surface area contributed by atoms with E-state index in [1.54, 1.807) is 18.2 Å². The number of benzene rings is 2. The maximum absolute atomic E-state index is 13.5. The summed E-state index contributed by atoms with van der Waals surface area (Å²) in [6, 6.07) is 7.65. The van der Waals surface area contributed by atoms with Crippen LogP contribution < -0.4 is 5.73 Å². The second-order valence-corrected chi connectivity index (χ2v) is 11.3. The first-order valence-corrected chi connectivity index (χ1v) is 15.0. The van der Waals surface area contributed by atoms with Gasteiger partial charge in [-0.15, -0.1) is 0 Å². The lowest BCUT2D eigenvalue weighted by atomic mass is 9.91. The number of piperidine rings is 1. The predicted molar refractivity (Wildman–Crippen MR) is 156 cm³/mol. The van der Waals surface area contributed by atoms with Crippen LogP contribution in [0.15, 0.2) is 34.9 Å². The molecule has 0 saturated carbocycles. The molecule has 1 aromatic heterocycles. The smallest absolute Gasteiger partial charge is 0.263 e. The summed E-state index contributed by atoms with van der Waals surface area (Å²) in [6.45, 7) is 4.55. The highest BCUT2D eigenvalue weighted by molar-refractivity contribution is 6.25. The van der Waals surface area contributed by atoms with E-state index in [9.17, 15) is 18.8 Å². The van der Waals surface area contributed by atoms with Gasteiger partial charge in [-0.3, -0.25) is 19.3 Å². The van der Waals surface area contributed by atoms with Crippen molar-refractivity contribution < 1.29 is 23.3 Å². The molecule has 218 valence electrons. The molecule has 2 N–H and O–H groups in total. The number of carbonyl (C=O) groups excluding carboxylic acids is 3. The number of anilines is 1. The zero-order valence-electron chi connectivity index (χ0n) is 23.8. The summed E-state index contributed by atoms with van der Waals surface area (Å²) in [4.78, 5) is 42.7. The number of halogens is 1. The van der Waals surface area contributed by atoms with Gasteiger partial charge in [0.1, 0.15) is 5.82 Å². The van der Waals surface area contributed by atoms with Crippen molar-refractivity contribution in [3.63, 3.8) is 0 Å². The third kappa shape index (κ3) is 6.20. The average Bonchev–Trinajstić information content (AvgIpc) is 3.49. The van der Waals surface area contributed by atoms with E-state index in [-0.39, 0.29) is 46.8 Å². The number of likely N-dealkylation sites (tertiary alicyclic amines) is 1. The van der Waals surface area contributed by atoms with Crippen LogP contribution in [0.5, 0.6) is 0 Å². The Morgan fingerprint density at radius 1 is 1.00 bits per heavy atom. The Morgan fingerprint density at radius 2 is 1.73 bits per heavy atom. The minimum Gasteiger partial charge on any atom is -0.397 e. The van der Waals surface area contributed by atoms with Crippen molar-refractivity contribution in [1.82, 2.24) is 15.0 Å². The van der Waals surface area contributed by atoms with E-state index in [2.05, 4.69) is 17.0 Å². The molecule has 2 amide bonds. The number of amides is 2. The third-order valence-corrected chi connectivity index (χ3v) is 8.56. The fourth-order valence-electron chi connectivity index (χ4n) is 6.12. The Bertz CT molecular complexity index is 1430. The highest BCUT2D eigenvalue weighted by Gasteiger charge is 2.38. The van der Waals surface area contributed by atoms with Gasteiger partial charge in [-0.25, -0.2) is 4.39 Å². The standard InChI is InChI=1S/C32H39FN4O4/c1-2-3-4-5-6-7-8-9-26(38)23-12-13-25-28(29(23)34)32(40)37(31(25)39)19-18-36-16-14-21(15-17-36)30-24-11-10-22(33)20-27(24)41-35-30/h10-13,20-21H,2-9,14-19,34H2,1H3. The number of nitrogens with zero attached hydrogens (tertiary/aromatic N) is 3. The van der Waals surface area contributed by atoms with Crippen LogP contribution in [-0.2, 0) is 0 Å². The van der Waals surface area contributed by atoms with Crippen molar-refractivity contribution in [3.8, 4) is 0 Å². The molecule has 0 atom stereocenters. The predicted octanol–water partition coefficient (Wildman–Crippen LogP) is 6.35. The molecule has 0 unspecified atom stereocenters. The summed E-state index contributed by atoms with van der Waals surface area (Å²) < 4.78 is 18.8. The Kier molecular flexibility index (Phi) is 9.12. The lowest BCUT2D eigenvalue weighted by molar-refractivity contribution is 0.0629. The van der Waals surface area contributed by atoms with E-state index in [0.29, 0.717) is 24.1 Å². The number of hydrogen-bond acceptors (Lipinski definition) is 7. The number of carbonyl (C=O) groups is 3. The number of fused-ring (bicyclic) bond motifs is 2. The summed E-state index contributed by atoms with van der Waals surface area (Å²) in [5.74, 6) is -1.01. The highest BCUT2D eigenvalue weighted by atomic mass is 19.1. The van der Waals surface area contributed by atoms with Gasteiger partial charge in [0.15, 0.2) is 11.4 Å². The summed E-state index contributed by atoms with van der Waals surface area (Å²) in [5.41, 5.74) is 8.52. The monoisotopic (exact) mass is 562 g/mol. The maximum Gasteiger partial charge on any atom is 0.263 e. The minimum atomic E-state index is -0.427. The second-order valence-electron chi connectivity index (χ2n) is 11.3. The van der Waals surface area contributed by atoms with Crippen molar-refractivity contribution in [2.24, 2.45) is 0 Å². The molecule has 2 aliphatic heterocycles. The van der Waals surface area contributed by atoms with Gasteiger partial charge >= 0.3 is 0 Å². The second kappa shape index (κ2) is 12.9. The number of ketones is 1. The molecule has 2 aliphatic rings. The zero-order valence-corrected chi connectivity index (χ0v) is 23.8. The van der Waals surface area contributed by atoms with Gasteiger partial charge in [0, 0.05) is 42.4 Å². The Morgan fingerprint density at radius 3 is 2.49 bits per heavy atom. The first-order valence-electron chi connectivity index (χ1n) is 15.0. The third-order valence-electron chi connectivity index (χ3n) is 8.56. The van der Waals surface area contributed by atoms with E-state index in [0.717, 1.165) is 56.3 Å². The van der Waals surface area contributed by atoms with Gasteiger partial charge in [0.05, 0.1) is 22.5 Å². The summed E-state index contributed by atoms with van der Waals surface area (Å²) in [7, 11) is 0. The van der Waals surface area contributed by atoms with Gasteiger partial charge in [-0.2, -0.15) is 0 Å². The molecule has 5 rings (SSSR count). The number of aromatic nitrogens is 1. The molecule has 2 aromatic carbocycles. The molecule has 1 fully saturated rings. The number of unbranched alkanes of at least 4 members (excludes halogenated alkanes) is 6. The van der Waals surface area contributed by atoms with Crippen molar-refractivity contribution in [2.45, 2.75) is 77.0 Å². The van der Waals surface area contributed by atoms with Crippen LogP contribution >= 0.6 is 0 Å². The average molecular weight is 563 g/mol. The molecule has 8 nitrogen and oxygen atoms in total. The Hall–Kier alpha value is -3.59. The molecule has 0 bridgehead atoms. The van der Waals surface area contributed by atoms with Crippen molar-refractivity contribution in [2.75, 3.05) is 31.9 Å². The van der Waals surface area contributed by atoms with Crippen LogP contribution in [0.1, 0.15) is 114 Å². The fraction of sp³-hybridized carbons (Fsp3) is 0.500. The summed E-state index contributed by atoms with van der Waals surface area (Å²) in [5, 5.41) is 5.05. The number of Topliss-reactive ketones (excluding diaryl/α,β-unsaturated/α-hetero) is 1. The first kappa shape index (κ1) is 28.9. The molecule has 41 heavy (non-hydrogen) atoms. The van der Waals surface area contributed by atoms with Crippen LogP contribution in [0.25, 0.3) is 11.0 Å². The molecular weight excluding hydrogens is 523 g/mol. The van der Waals surface area contributed by atoms with Gasteiger partial charge in [0.25, 0.3) is 11.8 Å². The molecule has 9 heteroatoms. The summed E-state index contributed by atoms with van der Waals surface area (Å²) in [6.07, 6.45) is 9.87. The van der Waals surface area contributed by atoms with E-state index in [1.165, 1.54) is 42.7 Å². The number of imide groups is 1. The van der Waals surface area contributed by atoms with E-state index in [4.69, 9.17) is 10.3 Å². The van der Waals surface area contributed by atoms with Crippen LogP contribution in [-0.4, -0.2) is 58.7 Å². The van der Waals surface area contributed by atoms with E-state index >= 15 is 0 Å². The zero-order chi connectivity index (χ0) is 28.9. The molecule has 1 saturated heterocycles. The highest BCUT2D eigenvalue weighted by Crippen LogP contribution is 2.34. The lowest BCUT2D eigenvalue weighted by Crippen LogP contribution is -2.41. The number of hydrogen-bond donors (Lipinski definition) is 1. The maximum atomic E-state index is 13.5. The van der Waals surface area contributed by atoms with Crippen LogP contribution in [0, 0.1) is 5.82 Å². The van der Waals surface area contributed by atoms with Gasteiger partial charge in [-0.1, -0.05) is 50.6 Å². The van der Waals surface area contributed by atoms with Crippen LogP contribution in [0.4, 0.5) is 10.1 Å². The topological polar surface area (TPSA) is 110 Å². The van der Waals surface area contributed by atoms with Crippen LogP contribution in [0.2, 0.25) is 0 Å². The number of rotatable bonds is 13. The normalized spacial score (nSPS) is 16.2. The van der Waals surface area contributed by atoms with Crippen LogP contribution in [0.3, 0.4) is 0 Å². The molecule has 3 aromatic rings. The van der Waals surface area contributed by atoms with E-state index in [1.807, 2.05) is 0 Å². The van der Waals surface area contributed by atoms with Crippen molar-refractivity contribution in [3.05, 3.63) is 58.5 Å². The molecular formula is C32H39FN4O4. The Labute approximate surface area is 240 Å². The fourth-order valence-corrected chi connectivity index (χ4v) is 6.12. The summed E-state index contributed by atoms with van der Waals surface area (Å²) >= 11 is 0. The molecule has 0 aliphatic carbocycles. The van der Waals surface area contributed by atoms with Gasteiger partial charge in [-0.05, 0) is 56.6 Å². The lowest BCUT2D eigenvalue weighted by Gasteiger charge is -2.32. The first-order chi connectivity index (χ1) is 19.9. The number of nitrogens with two attached hydrogens (primary N) is 1. The molecule has 0 radical (unpaired) electrons. The van der Waals surface area contributed by atoms with Crippen molar-refractivity contribution >= 4 is 34.3 Å². The molecule has 0 spiro atoms. The van der Waals surface area contributed by atoms with Gasteiger partial charge < -0.3 is 15.2 Å². The quantitative estimate of drug-likeness (QED) is 0.112. The largest absolute Gasteiger partial charge is 0.397 e. The SMILES string of the molecule is CCCCCCCCCC(=O)c1ccc2c(c1N)C(=O)N(CCN1CCC(c3noc4cc(F)ccc34)CC1)C2=O.